The second kappa shape index (κ2) is 39.1. The Labute approximate surface area is 295 Å². The monoisotopic (exact) mass is 648 g/mol. The molecule has 0 fully saturated rings. The molecular formula is C45H93N. The van der Waals surface area contributed by atoms with Crippen molar-refractivity contribution in [3.8, 4) is 0 Å². The Hall–Kier alpha value is -0.300. The quantitative estimate of drug-likeness (QED) is 0.0483. The van der Waals surface area contributed by atoms with E-state index in [0.717, 1.165) is 17.8 Å². The molecule has 0 aromatic carbocycles. The fourth-order valence-electron chi connectivity index (χ4n) is 7.51. The summed E-state index contributed by atoms with van der Waals surface area (Å²) in [4.78, 5) is 2.66. The van der Waals surface area contributed by atoms with Crippen molar-refractivity contribution in [2.45, 2.75) is 241 Å². The third kappa shape index (κ3) is 35.0. The Balaban J connectivity index is 0. The van der Waals surface area contributed by atoms with Crippen LogP contribution in [0.4, 0.5) is 0 Å². The average molecular weight is 648 g/mol. The number of unbranched alkanes of at least 4 members (excludes halogenated alkanes) is 18. The van der Waals surface area contributed by atoms with Crippen LogP contribution in [0.5, 0.6) is 0 Å². The van der Waals surface area contributed by atoms with Crippen molar-refractivity contribution in [3.05, 3.63) is 12.2 Å². The van der Waals surface area contributed by atoms with Crippen molar-refractivity contribution >= 4 is 0 Å². The number of hydrogen-bond acceptors (Lipinski definition) is 1. The smallest absolute Gasteiger partial charge is 0.00191 e. The van der Waals surface area contributed by atoms with Crippen LogP contribution in [0.15, 0.2) is 12.2 Å². The van der Waals surface area contributed by atoms with Crippen LogP contribution in [0.1, 0.15) is 241 Å². The minimum Gasteiger partial charge on any atom is -0.306 e. The van der Waals surface area contributed by atoms with Gasteiger partial charge in [-0.25, -0.2) is 0 Å². The zero-order chi connectivity index (χ0) is 34.5. The molecule has 1 heteroatoms. The Morgan fingerprint density at radius 2 is 0.913 bits per heavy atom. The average Bonchev–Trinajstić information content (AvgIpc) is 3.06. The van der Waals surface area contributed by atoms with Crippen LogP contribution < -0.4 is 0 Å². The molecule has 3 unspecified atom stereocenters. The maximum atomic E-state index is 4.38. The summed E-state index contributed by atoms with van der Waals surface area (Å²) in [6.45, 7) is 22.9. The van der Waals surface area contributed by atoms with E-state index in [-0.39, 0.29) is 0 Å². The van der Waals surface area contributed by atoms with Gasteiger partial charge in [-0.1, -0.05) is 202 Å². The van der Waals surface area contributed by atoms with E-state index in [1.54, 1.807) is 0 Å². The normalized spacial score (nSPS) is 13.4. The topological polar surface area (TPSA) is 3.24 Å². The Morgan fingerprint density at radius 1 is 0.478 bits per heavy atom. The molecule has 0 N–H and O–H groups in total. The van der Waals surface area contributed by atoms with Crippen molar-refractivity contribution < 1.29 is 0 Å². The predicted molar refractivity (Wildman–Crippen MR) is 215 cm³/mol. The highest BCUT2D eigenvalue weighted by molar-refractivity contribution is 4.93. The van der Waals surface area contributed by atoms with E-state index in [0.29, 0.717) is 0 Å². The number of allylic oxidation sites excluding steroid dienone is 1. The Kier molecular flexibility index (Phi) is 40.7. The lowest BCUT2D eigenvalue weighted by molar-refractivity contribution is 0.245. The fraction of sp³-hybridized carbons (Fsp3) is 0.956. The summed E-state index contributed by atoms with van der Waals surface area (Å²) in [5.41, 5.74) is 1.52. The molecule has 0 aliphatic heterocycles. The third-order valence-corrected chi connectivity index (χ3v) is 10.6. The van der Waals surface area contributed by atoms with Gasteiger partial charge in [-0.3, -0.25) is 0 Å². The first-order chi connectivity index (χ1) is 22.5. The van der Waals surface area contributed by atoms with Crippen LogP contribution in [0.2, 0.25) is 0 Å². The maximum Gasteiger partial charge on any atom is -0.00191 e. The van der Waals surface area contributed by atoms with Crippen molar-refractivity contribution in [1.29, 1.82) is 0 Å². The summed E-state index contributed by atoms with van der Waals surface area (Å²) < 4.78 is 0. The first kappa shape index (κ1) is 47.8. The lowest BCUT2D eigenvalue weighted by Crippen LogP contribution is -2.24. The van der Waals surface area contributed by atoms with E-state index >= 15 is 0 Å². The molecule has 0 amide bonds. The molecule has 46 heavy (non-hydrogen) atoms. The maximum absolute atomic E-state index is 4.38. The van der Waals surface area contributed by atoms with Gasteiger partial charge in [-0.15, -0.1) is 0 Å². The van der Waals surface area contributed by atoms with Gasteiger partial charge in [0.15, 0.2) is 0 Å². The SMILES string of the molecule is C=C(CCCCCCCCCC)CCCCCCCN(C)CCC(CCCCCCCCCC)CC(C)CC(CC)CCC.CC. The van der Waals surface area contributed by atoms with E-state index in [1.807, 2.05) is 13.8 Å². The molecule has 0 heterocycles. The van der Waals surface area contributed by atoms with E-state index < -0.39 is 0 Å². The van der Waals surface area contributed by atoms with Crippen molar-refractivity contribution in [3.63, 3.8) is 0 Å². The highest BCUT2D eigenvalue weighted by Crippen LogP contribution is 2.29. The highest BCUT2D eigenvalue weighted by Gasteiger charge is 2.17. The molecule has 3 atom stereocenters. The second-order valence-electron chi connectivity index (χ2n) is 15.4. The summed E-state index contributed by atoms with van der Waals surface area (Å²) in [5, 5.41) is 0. The second-order valence-corrected chi connectivity index (χ2v) is 15.4. The van der Waals surface area contributed by atoms with Gasteiger partial charge in [0.2, 0.25) is 0 Å². The summed E-state index contributed by atoms with van der Waals surface area (Å²) in [7, 11) is 2.39. The molecule has 0 spiro atoms. The minimum atomic E-state index is 0.896. The molecule has 0 saturated heterocycles. The van der Waals surface area contributed by atoms with Crippen molar-refractivity contribution in [2.24, 2.45) is 17.8 Å². The number of hydrogen-bond donors (Lipinski definition) is 0. The van der Waals surface area contributed by atoms with E-state index in [9.17, 15) is 0 Å². The zero-order valence-corrected chi connectivity index (χ0v) is 34.0. The van der Waals surface area contributed by atoms with Crippen LogP contribution in [-0.4, -0.2) is 25.0 Å². The van der Waals surface area contributed by atoms with Gasteiger partial charge in [-0.2, -0.15) is 0 Å². The van der Waals surface area contributed by atoms with E-state index in [1.165, 1.54) is 211 Å². The van der Waals surface area contributed by atoms with Gasteiger partial charge < -0.3 is 4.90 Å². The van der Waals surface area contributed by atoms with Gasteiger partial charge in [0.1, 0.15) is 0 Å². The first-order valence-corrected chi connectivity index (χ1v) is 21.8. The van der Waals surface area contributed by atoms with Gasteiger partial charge in [0.25, 0.3) is 0 Å². The first-order valence-electron chi connectivity index (χ1n) is 21.8. The van der Waals surface area contributed by atoms with E-state index in [4.69, 9.17) is 0 Å². The largest absolute Gasteiger partial charge is 0.306 e. The molecule has 1 nitrogen and oxygen atoms in total. The molecule has 0 saturated carbocycles. The Bertz CT molecular complexity index is 567. The molecular weight excluding hydrogens is 555 g/mol. The number of nitrogens with zero attached hydrogens (tertiary/aromatic N) is 1. The number of rotatable bonds is 36. The molecule has 0 aromatic rings. The van der Waals surface area contributed by atoms with Crippen molar-refractivity contribution in [1.82, 2.24) is 4.90 Å². The van der Waals surface area contributed by atoms with Crippen LogP contribution in [-0.2, 0) is 0 Å². The van der Waals surface area contributed by atoms with Crippen molar-refractivity contribution in [2.75, 3.05) is 20.1 Å². The molecule has 0 rings (SSSR count). The van der Waals surface area contributed by atoms with Crippen LogP contribution >= 0.6 is 0 Å². The molecule has 0 aliphatic carbocycles. The lowest BCUT2D eigenvalue weighted by Gasteiger charge is -2.26. The lowest BCUT2D eigenvalue weighted by atomic mass is 9.82. The zero-order valence-electron chi connectivity index (χ0n) is 34.0. The predicted octanol–water partition coefficient (Wildman–Crippen LogP) is 16.2. The summed E-state index contributed by atoms with van der Waals surface area (Å²) in [6.07, 6.45) is 42.4. The molecule has 0 aromatic heterocycles. The van der Waals surface area contributed by atoms with E-state index in [2.05, 4.69) is 53.1 Å². The summed E-state index contributed by atoms with van der Waals surface area (Å²) >= 11 is 0. The molecule has 278 valence electrons. The third-order valence-electron chi connectivity index (χ3n) is 10.6. The molecule has 0 bridgehead atoms. The minimum absolute atomic E-state index is 0.896. The molecule has 0 radical (unpaired) electrons. The fourth-order valence-corrected chi connectivity index (χ4v) is 7.51. The summed E-state index contributed by atoms with van der Waals surface area (Å²) in [5.74, 6) is 2.78. The van der Waals surface area contributed by atoms with Crippen LogP contribution in [0, 0.1) is 17.8 Å². The van der Waals surface area contributed by atoms with Gasteiger partial charge in [-0.05, 0) is 89.3 Å². The van der Waals surface area contributed by atoms with Gasteiger partial charge >= 0.3 is 0 Å². The van der Waals surface area contributed by atoms with Crippen LogP contribution in [0.25, 0.3) is 0 Å². The van der Waals surface area contributed by atoms with Crippen LogP contribution in [0.3, 0.4) is 0 Å². The van der Waals surface area contributed by atoms with Gasteiger partial charge in [0.05, 0.1) is 0 Å². The standard InChI is InChI=1S/C43H87N.C2H6/c1-8-12-14-16-18-20-23-27-32-40(5)33-28-24-22-26-30-36-44(7)37-35-43(34-29-25-21-19-17-15-13-9-2)39-41(6)38-42(11-4)31-10-3;1-2/h41-43H,5,8-39H2,1-4,6-7H3;1-2H3. The summed E-state index contributed by atoms with van der Waals surface area (Å²) in [6, 6.07) is 0. The Morgan fingerprint density at radius 3 is 1.39 bits per heavy atom. The van der Waals surface area contributed by atoms with Gasteiger partial charge in [0, 0.05) is 0 Å². The molecule has 0 aliphatic rings. The highest BCUT2D eigenvalue weighted by atomic mass is 15.1.